The van der Waals surface area contributed by atoms with Gasteiger partial charge in [-0.1, -0.05) is 68.4 Å². The molecule has 2 heterocycles. The number of carboxylic acid groups (broad SMARTS) is 1. The number of fused-ring (bicyclic) bond motifs is 2. The van der Waals surface area contributed by atoms with Gasteiger partial charge in [0.15, 0.2) is 6.61 Å². The highest BCUT2D eigenvalue weighted by Gasteiger charge is 2.28. The second-order valence-electron chi connectivity index (χ2n) is 8.33. The molecule has 0 aliphatic heterocycles. The smallest absolute Gasteiger partial charge is 0.341 e. The summed E-state index contributed by atoms with van der Waals surface area (Å²) in [6.45, 7) is 3.81. The summed E-state index contributed by atoms with van der Waals surface area (Å²) in [7, 11) is 0. The van der Waals surface area contributed by atoms with Gasteiger partial charge < -0.3 is 18.7 Å². The molecule has 0 aliphatic rings. The van der Waals surface area contributed by atoms with Crippen LogP contribution in [-0.4, -0.2) is 17.7 Å². The van der Waals surface area contributed by atoms with E-state index in [2.05, 4.69) is 38.1 Å². The first-order valence-electron chi connectivity index (χ1n) is 11.5. The van der Waals surface area contributed by atoms with Gasteiger partial charge in [-0.15, -0.1) is 0 Å². The fourth-order valence-corrected chi connectivity index (χ4v) is 4.77. The van der Waals surface area contributed by atoms with E-state index in [1.807, 2.05) is 48.9 Å². The summed E-state index contributed by atoms with van der Waals surface area (Å²) in [6.07, 6.45) is 5.35. The Kier molecular flexibility index (Phi) is 5.84. The van der Waals surface area contributed by atoms with Crippen molar-refractivity contribution in [2.75, 3.05) is 6.61 Å². The van der Waals surface area contributed by atoms with E-state index in [0.29, 0.717) is 5.75 Å². The average molecular weight is 455 g/mol. The van der Waals surface area contributed by atoms with Crippen molar-refractivity contribution < 1.29 is 23.5 Å². The highest BCUT2D eigenvalue weighted by Crippen LogP contribution is 2.44. The fourth-order valence-electron chi connectivity index (χ4n) is 4.77. The number of hydrogen-bond donors (Lipinski definition) is 1. The first-order valence-corrected chi connectivity index (χ1v) is 11.5. The van der Waals surface area contributed by atoms with Gasteiger partial charge in [-0.2, -0.15) is 0 Å². The fraction of sp³-hybridized carbons (Fsp3) is 0.207. The van der Waals surface area contributed by atoms with E-state index in [1.54, 1.807) is 0 Å². The molecule has 0 atom stereocenters. The van der Waals surface area contributed by atoms with Crippen LogP contribution in [0.5, 0.6) is 5.75 Å². The van der Waals surface area contributed by atoms with Crippen molar-refractivity contribution in [2.45, 2.75) is 32.6 Å². The maximum Gasteiger partial charge on any atom is 0.341 e. The molecule has 0 fully saturated rings. The average Bonchev–Trinajstić information content (AvgIpc) is 3.48. The SMILES string of the molecule is CCc1cccc2c(C(c3ccccc3OCC(=O)O)c3coc4c(CC)cccc34)coc12. The van der Waals surface area contributed by atoms with Crippen LogP contribution in [0.2, 0.25) is 0 Å². The zero-order chi connectivity index (χ0) is 23.7. The Morgan fingerprint density at radius 2 is 1.35 bits per heavy atom. The zero-order valence-corrected chi connectivity index (χ0v) is 19.2. The highest BCUT2D eigenvalue weighted by molar-refractivity contribution is 5.89. The Morgan fingerprint density at radius 1 is 0.794 bits per heavy atom. The van der Waals surface area contributed by atoms with Crippen molar-refractivity contribution in [3.8, 4) is 5.75 Å². The predicted molar refractivity (Wildman–Crippen MR) is 132 cm³/mol. The number of rotatable bonds is 8. The lowest BCUT2D eigenvalue weighted by atomic mass is 9.84. The lowest BCUT2D eigenvalue weighted by Crippen LogP contribution is -2.12. The molecule has 34 heavy (non-hydrogen) atoms. The molecule has 5 rings (SSSR count). The molecule has 3 aromatic carbocycles. The molecule has 0 saturated carbocycles. The molecule has 0 saturated heterocycles. The summed E-state index contributed by atoms with van der Waals surface area (Å²) >= 11 is 0. The van der Waals surface area contributed by atoms with Crippen LogP contribution in [0.1, 0.15) is 47.6 Å². The molecule has 0 unspecified atom stereocenters. The Labute approximate surface area is 197 Å². The number of ether oxygens (including phenoxy) is 1. The summed E-state index contributed by atoms with van der Waals surface area (Å²) in [5.74, 6) is -0.766. The van der Waals surface area contributed by atoms with Crippen molar-refractivity contribution in [3.05, 3.63) is 101 Å². The van der Waals surface area contributed by atoms with Crippen LogP contribution in [0.4, 0.5) is 0 Å². The third-order valence-electron chi connectivity index (χ3n) is 6.39. The quantitative estimate of drug-likeness (QED) is 0.275. The van der Waals surface area contributed by atoms with Crippen LogP contribution >= 0.6 is 0 Å². The lowest BCUT2D eigenvalue weighted by Gasteiger charge is -2.19. The van der Waals surface area contributed by atoms with Crippen LogP contribution in [0.15, 0.2) is 82.0 Å². The minimum atomic E-state index is -1.02. The summed E-state index contributed by atoms with van der Waals surface area (Å²) in [4.78, 5) is 11.2. The highest BCUT2D eigenvalue weighted by atomic mass is 16.5. The molecule has 0 spiro atoms. The summed E-state index contributed by atoms with van der Waals surface area (Å²) in [5.41, 5.74) is 6.86. The maximum atomic E-state index is 11.2. The van der Waals surface area contributed by atoms with Crippen LogP contribution < -0.4 is 4.74 Å². The number of hydrogen-bond acceptors (Lipinski definition) is 4. The molecule has 1 N–H and O–H groups in total. The minimum Gasteiger partial charge on any atom is -0.482 e. The van der Waals surface area contributed by atoms with E-state index in [4.69, 9.17) is 13.6 Å². The van der Waals surface area contributed by atoms with Gasteiger partial charge in [-0.25, -0.2) is 4.79 Å². The maximum absolute atomic E-state index is 11.2. The van der Waals surface area contributed by atoms with Crippen LogP contribution in [0.3, 0.4) is 0 Å². The summed E-state index contributed by atoms with van der Waals surface area (Å²) in [6, 6.07) is 20.0. The van der Waals surface area contributed by atoms with Crippen molar-refractivity contribution >= 4 is 27.9 Å². The second-order valence-corrected chi connectivity index (χ2v) is 8.33. The predicted octanol–water partition coefficient (Wildman–Crippen LogP) is 6.95. The first-order chi connectivity index (χ1) is 16.6. The molecular weight excluding hydrogens is 428 g/mol. The van der Waals surface area contributed by atoms with Crippen LogP contribution in [0.25, 0.3) is 21.9 Å². The topological polar surface area (TPSA) is 72.8 Å². The molecule has 0 bridgehead atoms. The van der Waals surface area contributed by atoms with E-state index >= 15 is 0 Å². The summed E-state index contributed by atoms with van der Waals surface area (Å²) in [5, 5.41) is 11.3. The minimum absolute atomic E-state index is 0.272. The van der Waals surface area contributed by atoms with E-state index in [0.717, 1.165) is 62.6 Å². The standard InChI is InChI=1S/C29H26O5/c1-3-18-9-7-12-20-23(15-33-28(18)20)27(22-11-5-6-14-25(22)32-17-26(30)31)24-16-34-29-19(4-2)10-8-13-21(24)29/h5-16,27H,3-4,17H2,1-2H3,(H,30,31). The van der Waals surface area contributed by atoms with Gasteiger partial charge in [0.25, 0.3) is 0 Å². The van der Waals surface area contributed by atoms with Crippen molar-refractivity contribution in [1.82, 2.24) is 0 Å². The molecule has 2 aromatic heterocycles. The van der Waals surface area contributed by atoms with Gasteiger partial charge >= 0.3 is 5.97 Å². The largest absolute Gasteiger partial charge is 0.482 e. The molecule has 5 nitrogen and oxygen atoms in total. The first kappa shape index (κ1) is 21.8. The van der Waals surface area contributed by atoms with E-state index in [1.165, 1.54) is 0 Å². The molecule has 0 radical (unpaired) electrons. The van der Waals surface area contributed by atoms with Crippen LogP contribution in [-0.2, 0) is 17.6 Å². The number of carbonyl (C=O) groups is 1. The van der Waals surface area contributed by atoms with Gasteiger partial charge in [-0.05, 0) is 30.0 Å². The van der Waals surface area contributed by atoms with Crippen LogP contribution in [0, 0.1) is 0 Å². The number of para-hydroxylation sites is 3. The van der Waals surface area contributed by atoms with Gasteiger partial charge in [0, 0.05) is 33.4 Å². The third kappa shape index (κ3) is 3.73. The Balaban J connectivity index is 1.78. The number of carboxylic acids is 1. The number of benzene rings is 3. The normalized spacial score (nSPS) is 11.5. The van der Waals surface area contributed by atoms with Gasteiger partial charge in [0.05, 0.1) is 12.5 Å². The monoisotopic (exact) mass is 454 g/mol. The van der Waals surface area contributed by atoms with E-state index in [9.17, 15) is 9.90 Å². The second kappa shape index (κ2) is 9.10. The molecular formula is C29H26O5. The number of aliphatic carboxylic acids is 1. The van der Waals surface area contributed by atoms with Crippen molar-refractivity contribution in [2.24, 2.45) is 0 Å². The van der Waals surface area contributed by atoms with Gasteiger partial charge in [0.1, 0.15) is 16.9 Å². The van der Waals surface area contributed by atoms with Crippen molar-refractivity contribution in [3.63, 3.8) is 0 Å². The molecule has 5 heteroatoms. The zero-order valence-electron chi connectivity index (χ0n) is 19.2. The molecule has 172 valence electrons. The van der Waals surface area contributed by atoms with Gasteiger partial charge in [0.2, 0.25) is 0 Å². The molecule has 5 aromatic rings. The van der Waals surface area contributed by atoms with E-state index < -0.39 is 12.6 Å². The lowest BCUT2D eigenvalue weighted by molar-refractivity contribution is -0.139. The van der Waals surface area contributed by atoms with Crippen molar-refractivity contribution in [1.29, 1.82) is 0 Å². The van der Waals surface area contributed by atoms with E-state index in [-0.39, 0.29) is 5.92 Å². The Morgan fingerprint density at radius 3 is 1.88 bits per heavy atom. The molecule has 0 amide bonds. The third-order valence-corrected chi connectivity index (χ3v) is 6.39. The molecule has 0 aliphatic carbocycles. The number of aryl methyl sites for hydroxylation is 2. The summed E-state index contributed by atoms with van der Waals surface area (Å²) < 4.78 is 17.9. The van der Waals surface area contributed by atoms with Gasteiger partial charge in [-0.3, -0.25) is 0 Å². The number of furan rings is 2. The Bertz CT molecular complexity index is 1390. The Hall–Kier alpha value is -3.99.